The number of halogens is 1. The van der Waals surface area contributed by atoms with Gasteiger partial charge in [0.2, 0.25) is 0 Å². The van der Waals surface area contributed by atoms with Crippen molar-refractivity contribution in [2.45, 2.75) is 250 Å². The average Bonchev–Trinajstić information content (AvgIpc) is 1.62. The van der Waals surface area contributed by atoms with Crippen LogP contribution in [-0.2, 0) is 175 Å². The molecule has 16 rings (SSSR count). The Hall–Kier alpha value is -14.7. The van der Waals surface area contributed by atoms with Gasteiger partial charge in [-0.05, 0) is 125 Å². The summed E-state index contributed by atoms with van der Waals surface area (Å²) >= 11 is 0. The molecule has 0 bridgehead atoms. The van der Waals surface area contributed by atoms with Gasteiger partial charge in [-0.1, -0.05) is 167 Å². The molecule has 9 aromatic rings. The van der Waals surface area contributed by atoms with Crippen LogP contribution in [-0.4, -0.2) is 184 Å². The van der Waals surface area contributed by atoms with Gasteiger partial charge < -0.3 is 55.7 Å². The minimum absolute atomic E-state index is 0. The zero-order valence-electron chi connectivity index (χ0n) is 80.9. The van der Waals surface area contributed by atoms with E-state index in [1.807, 2.05) is 179 Å². The number of hydroxylamine groups is 2. The van der Waals surface area contributed by atoms with Gasteiger partial charge in [0.15, 0.2) is 34.3 Å². The SMILES string of the molecule is C.C.CC(C)(C)OC(=O)C(=O)OC(C)(C)C.CC(C)(C)OC(=O)c1nn(Cc2ccccc2)c2c1CC(=O)C2.CCOC1=CC(=O)C(C(=O)C(=O)OC(C)(C)C)C1.CCOC1=CC(=O)CC1.Cl.N.NC(=O)c1nn(Cc2ccccc2)c2c1CC(=O)C2.NNCc1ccccc1.O.O=C1Cc2c(C(=O)O)nn(Cc3ccccc3)c2C1.O=C1Cc2c(C(=O)ON3C(=O)CCC3=O)nn(Cc3ccccc3)c2C1. The molecular formula is C103H130ClN13O25. The van der Waals surface area contributed by atoms with Crippen molar-refractivity contribution < 1.29 is 121 Å². The van der Waals surface area contributed by atoms with Crippen LogP contribution in [0.15, 0.2) is 175 Å². The molecule has 5 heterocycles. The highest BCUT2D eigenvalue weighted by molar-refractivity contribution is 6.39. The van der Waals surface area contributed by atoms with Gasteiger partial charge in [-0.2, -0.15) is 20.4 Å². The Bertz CT molecular complexity index is 5870. The van der Waals surface area contributed by atoms with E-state index < -0.39 is 93.4 Å². The first-order valence-corrected chi connectivity index (χ1v) is 44.5. The van der Waals surface area contributed by atoms with E-state index >= 15 is 0 Å². The van der Waals surface area contributed by atoms with E-state index in [0.29, 0.717) is 91.9 Å². The molecule has 3 amide bonds. The number of carbonyl (C=O) groups is 16. The number of carboxylic acid groups (broad SMARTS) is 1. The lowest BCUT2D eigenvalue weighted by Gasteiger charge is -2.22. The molecule has 38 nitrogen and oxygen atoms in total. The molecule has 0 saturated carbocycles. The molecule has 7 aliphatic rings. The summed E-state index contributed by atoms with van der Waals surface area (Å²) in [6.45, 7) is 28.1. The number of aromatic carboxylic acids is 1. The van der Waals surface area contributed by atoms with Crippen LogP contribution in [0.3, 0.4) is 0 Å². The largest absolute Gasteiger partial charge is 0.498 e. The number of nitrogens with zero attached hydrogens (tertiary/aromatic N) is 9. The molecule has 1 fully saturated rings. The van der Waals surface area contributed by atoms with E-state index in [2.05, 4.69) is 25.8 Å². The predicted molar refractivity (Wildman–Crippen MR) is 524 cm³/mol. The highest BCUT2D eigenvalue weighted by Gasteiger charge is 2.41. The molecule has 1 aliphatic heterocycles. The summed E-state index contributed by atoms with van der Waals surface area (Å²) in [5.74, 6) is -2.30. The van der Waals surface area contributed by atoms with Crippen molar-refractivity contribution in [1.82, 2.24) is 55.8 Å². The van der Waals surface area contributed by atoms with E-state index in [1.165, 1.54) is 11.6 Å². The van der Waals surface area contributed by atoms with E-state index in [4.69, 9.17) is 49.9 Å². The number of benzene rings is 5. The Kier molecular flexibility index (Phi) is 45.6. The molecular weight excluding hydrogens is 1850 g/mol. The average molecular weight is 1990 g/mol. The third-order valence-electron chi connectivity index (χ3n) is 20.4. The van der Waals surface area contributed by atoms with Crippen LogP contribution in [0.1, 0.15) is 259 Å². The number of carbonyl (C=O) groups excluding carboxylic acids is 15. The summed E-state index contributed by atoms with van der Waals surface area (Å²) in [5.41, 5.74) is 16.7. The number of imide groups is 1. The lowest BCUT2D eigenvalue weighted by molar-refractivity contribution is -0.180. The second kappa shape index (κ2) is 54.2. The van der Waals surface area contributed by atoms with Crippen molar-refractivity contribution in [1.29, 1.82) is 0 Å². The first-order chi connectivity index (χ1) is 64.7. The minimum Gasteiger partial charge on any atom is -0.498 e. The van der Waals surface area contributed by atoms with Crippen molar-refractivity contribution in [3.05, 3.63) is 271 Å². The highest BCUT2D eigenvalue weighted by Crippen LogP contribution is 2.32. The van der Waals surface area contributed by atoms with E-state index in [1.54, 1.807) is 94.0 Å². The second-order valence-corrected chi connectivity index (χ2v) is 36.3. The Balaban J connectivity index is 0.000000343. The van der Waals surface area contributed by atoms with E-state index in [9.17, 15) is 76.7 Å². The Morgan fingerprint density at radius 2 is 0.718 bits per heavy atom. The van der Waals surface area contributed by atoms with Crippen molar-refractivity contribution >= 4 is 106 Å². The Labute approximate surface area is 830 Å². The van der Waals surface area contributed by atoms with Gasteiger partial charge in [-0.25, -0.2) is 28.8 Å². The maximum absolute atomic E-state index is 12.5. The van der Waals surface area contributed by atoms with Crippen LogP contribution in [0.25, 0.3) is 0 Å². The van der Waals surface area contributed by atoms with E-state index in [-0.39, 0.29) is 148 Å². The summed E-state index contributed by atoms with van der Waals surface area (Å²) in [5, 5.41) is 26.7. The highest BCUT2D eigenvalue weighted by atomic mass is 35.5. The molecule has 0 spiro atoms. The summed E-state index contributed by atoms with van der Waals surface area (Å²) in [7, 11) is 0. The topological polar surface area (TPSA) is 563 Å². The number of ether oxygens (including phenoxy) is 6. The maximum Gasteiger partial charge on any atom is 0.418 e. The number of hydrazine groups is 1. The number of allylic oxidation sites excluding steroid dienone is 4. The molecule has 142 heavy (non-hydrogen) atoms. The molecule has 1 atom stereocenters. The van der Waals surface area contributed by atoms with Crippen molar-refractivity contribution in [3.8, 4) is 0 Å². The van der Waals surface area contributed by atoms with Crippen molar-refractivity contribution in [2.24, 2.45) is 17.5 Å². The number of Topliss-reactive ketones (excluding diaryl/α,β-unsaturated/α-hetero) is 5. The van der Waals surface area contributed by atoms with E-state index in [0.717, 1.165) is 63.6 Å². The molecule has 764 valence electrons. The Morgan fingerprint density at radius 1 is 0.408 bits per heavy atom. The molecule has 5 aromatic carbocycles. The van der Waals surface area contributed by atoms with Gasteiger partial charge >= 0.3 is 35.8 Å². The molecule has 4 aromatic heterocycles. The number of fused-ring (bicyclic) bond motifs is 4. The number of rotatable bonds is 21. The fourth-order valence-corrected chi connectivity index (χ4v) is 14.6. The Morgan fingerprint density at radius 3 is 1.04 bits per heavy atom. The number of hydrogen-bond acceptors (Lipinski definition) is 30. The third kappa shape index (κ3) is 35.9. The van der Waals surface area contributed by atoms with Gasteiger partial charge in [0, 0.05) is 124 Å². The van der Waals surface area contributed by atoms with Gasteiger partial charge in [-0.3, -0.25) is 77.9 Å². The van der Waals surface area contributed by atoms with Gasteiger partial charge in [0.25, 0.3) is 23.5 Å². The van der Waals surface area contributed by atoms with Gasteiger partial charge in [0.05, 0.1) is 73.8 Å². The number of carboxylic acids is 1. The number of amides is 3. The zero-order valence-corrected chi connectivity index (χ0v) is 81.8. The van der Waals surface area contributed by atoms with Crippen LogP contribution < -0.4 is 23.2 Å². The fraction of sp³-hybridized carbons (Fsp3) is 0.398. The fourth-order valence-electron chi connectivity index (χ4n) is 14.6. The zero-order chi connectivity index (χ0) is 100. The van der Waals surface area contributed by atoms with Crippen LogP contribution >= 0.6 is 12.4 Å². The summed E-state index contributed by atoms with van der Waals surface area (Å²) in [4.78, 5) is 190. The second-order valence-electron chi connectivity index (χ2n) is 36.3. The molecule has 1 saturated heterocycles. The summed E-state index contributed by atoms with van der Waals surface area (Å²) < 4.78 is 37.0. The molecule has 11 N–H and O–H groups in total. The van der Waals surface area contributed by atoms with Gasteiger partial charge in [-0.15, -0.1) is 17.5 Å². The normalized spacial score (nSPS) is 14.3. The quantitative estimate of drug-likeness (QED) is 0.00848. The molecule has 39 heteroatoms. The molecule has 1 unspecified atom stereocenters. The molecule has 6 aliphatic carbocycles. The predicted octanol–water partition coefficient (Wildman–Crippen LogP) is 11.4. The van der Waals surface area contributed by atoms with Crippen molar-refractivity contribution in [3.63, 3.8) is 0 Å². The summed E-state index contributed by atoms with van der Waals surface area (Å²) in [6.07, 6.45) is 6.43. The van der Waals surface area contributed by atoms with Crippen LogP contribution in [0.5, 0.6) is 0 Å². The number of primary amides is 1. The maximum atomic E-state index is 12.5. The lowest BCUT2D eigenvalue weighted by atomic mass is 10.0. The summed E-state index contributed by atoms with van der Waals surface area (Å²) in [6, 6.07) is 48.9. The number of ketones is 7. The minimum atomic E-state index is -1.07. The van der Waals surface area contributed by atoms with Gasteiger partial charge in [0.1, 0.15) is 51.3 Å². The monoisotopic (exact) mass is 1980 g/mol. The number of nitrogens with two attached hydrogens (primary N) is 2. The van der Waals surface area contributed by atoms with Crippen molar-refractivity contribution in [2.75, 3.05) is 13.2 Å². The standard InChI is InChI=1S/C18H15N3O5.C18H20N2O3.C14H13N3O2.C14H12N2O3.C13H18O5.C10H18O4.C7H10N2.C7H10O2.2CH4.ClH.H3N.H2O/c22-12-8-13-14(9-12)20(10-11-4-2-1-3-5-11)19-17(13)18(25)26-21-15(23)6-7-16(21)24;1-18(2,3)23-17(22)16-14-9-13(21)10-15(14)20(19-16)11-12-7-5-4-6-8-12;15-14(19)13-11-6-10(18)7-12(11)17(16-13)8-9-4-2-1-3-5-9;17-10-6-11-12(7-10)16(15-13(11)14(18)19)8-9-4-2-1-3-5-9;1-5-17-8-6-9(10(14)7-8)11(15)12(16)18-13(2,3)4;1-9(2,3)13-7(11)8(12)14-10(4,5)6;8-9-6-7-4-2-1-3-5-7;1-2-9-7-4-3-6(8)5-7;;;;;/h1-5H,6-10H2;4-8H,9-11H2,1-3H3;1-5H,6-8H2,(H2,15,19);1-5H,6-8H2,(H,18,19);7,9H,5-6H2,1-4H3;1-6H3;1-5,9H,6,8H2;5H,2-4H2,1H3;2*1H4;1H;1H3;1H2. The van der Waals surface area contributed by atoms with Crippen LogP contribution in [0.2, 0.25) is 0 Å². The van der Waals surface area contributed by atoms with Crippen LogP contribution in [0.4, 0.5) is 0 Å². The lowest BCUT2D eigenvalue weighted by Crippen LogP contribution is -2.34. The third-order valence-corrected chi connectivity index (χ3v) is 20.4. The molecule has 0 radical (unpaired) electrons. The number of esters is 4. The number of hydrogen-bond donors (Lipinski definition) is 5. The first-order valence-electron chi connectivity index (χ1n) is 44.5. The van der Waals surface area contributed by atoms with Crippen LogP contribution in [0, 0.1) is 5.92 Å². The first kappa shape index (κ1) is 120. The number of nitrogens with one attached hydrogen (secondary N) is 1. The smallest absolute Gasteiger partial charge is 0.418 e. The number of aromatic nitrogens is 8.